The zero-order chi connectivity index (χ0) is 10.6. The first-order chi connectivity index (χ1) is 6.66. The van der Waals surface area contributed by atoms with Crippen LogP contribution in [0.15, 0.2) is 24.3 Å². The molecule has 0 atom stereocenters. The maximum Gasteiger partial charge on any atom is 0.283 e. The molecule has 0 aromatic heterocycles. The molecule has 0 aliphatic carbocycles. The van der Waals surface area contributed by atoms with Gasteiger partial charge in [0.2, 0.25) is 0 Å². The van der Waals surface area contributed by atoms with Crippen molar-refractivity contribution < 1.29 is 9.53 Å². The van der Waals surface area contributed by atoms with Gasteiger partial charge in [0.15, 0.2) is 0 Å². The van der Waals surface area contributed by atoms with Gasteiger partial charge in [-0.15, -0.1) is 0 Å². The molecule has 0 aliphatic heterocycles. The number of hydrogen-bond acceptors (Lipinski definition) is 2. The minimum atomic E-state index is -0.457. The molecule has 3 nitrogen and oxygen atoms in total. The number of nitrogens with zero attached hydrogens (tertiary/aromatic N) is 1. The van der Waals surface area contributed by atoms with E-state index in [1.807, 2.05) is 6.07 Å². The van der Waals surface area contributed by atoms with E-state index in [9.17, 15) is 4.79 Å². The summed E-state index contributed by atoms with van der Waals surface area (Å²) in [5.41, 5.74) is 1.20. The van der Waals surface area contributed by atoms with Crippen LogP contribution >= 0.6 is 23.6 Å². The smallest absolute Gasteiger partial charge is 0.283 e. The Kier molecular flexibility index (Phi) is 4.20. The van der Waals surface area contributed by atoms with Gasteiger partial charge in [0.05, 0.1) is 6.61 Å². The van der Waals surface area contributed by atoms with Gasteiger partial charge in [-0.2, -0.15) is 3.94 Å². The van der Waals surface area contributed by atoms with Gasteiger partial charge >= 0.3 is 0 Å². The Balaban J connectivity index is 3.00. The fourth-order valence-corrected chi connectivity index (χ4v) is 1.28. The fraction of sp³-hybridized carbons (Fsp3) is 0.222. The lowest BCUT2D eigenvalue weighted by Crippen LogP contribution is -2.13. The van der Waals surface area contributed by atoms with Gasteiger partial charge in [0.1, 0.15) is 0 Å². The van der Waals surface area contributed by atoms with Crippen molar-refractivity contribution in [2.45, 2.75) is 6.61 Å². The highest BCUT2D eigenvalue weighted by atomic mass is 35.5. The van der Waals surface area contributed by atoms with E-state index < -0.39 is 5.91 Å². The van der Waals surface area contributed by atoms with Crippen LogP contribution in [0.3, 0.4) is 0 Å². The molecular formula is C9H9Cl2NO2. The third kappa shape index (κ3) is 2.61. The largest absolute Gasteiger partial charge is 0.380 e. The van der Waals surface area contributed by atoms with Crippen molar-refractivity contribution in [2.24, 2.45) is 0 Å². The highest BCUT2D eigenvalue weighted by Gasteiger charge is 2.15. The molecule has 1 aromatic carbocycles. The first kappa shape index (κ1) is 11.3. The van der Waals surface area contributed by atoms with Gasteiger partial charge in [-0.1, -0.05) is 18.2 Å². The van der Waals surface area contributed by atoms with Gasteiger partial charge in [-0.25, -0.2) is 0 Å². The summed E-state index contributed by atoms with van der Waals surface area (Å²) >= 11 is 10.7. The number of carbonyl (C=O) groups is 1. The second kappa shape index (κ2) is 5.20. The SMILES string of the molecule is COCc1ccccc1C(=O)N(Cl)Cl. The van der Waals surface area contributed by atoms with Crippen molar-refractivity contribution in [1.82, 2.24) is 3.94 Å². The Morgan fingerprint density at radius 3 is 2.64 bits per heavy atom. The van der Waals surface area contributed by atoms with Crippen LogP contribution in [0.2, 0.25) is 0 Å². The molecule has 5 heteroatoms. The molecule has 1 aromatic rings. The molecule has 0 radical (unpaired) electrons. The van der Waals surface area contributed by atoms with Crippen LogP contribution < -0.4 is 0 Å². The van der Waals surface area contributed by atoms with E-state index in [0.717, 1.165) is 5.56 Å². The molecule has 0 saturated carbocycles. The van der Waals surface area contributed by atoms with E-state index in [-0.39, 0.29) is 0 Å². The lowest BCUT2D eigenvalue weighted by Gasteiger charge is -2.08. The number of ether oxygens (including phenoxy) is 1. The van der Waals surface area contributed by atoms with E-state index in [0.29, 0.717) is 16.1 Å². The highest BCUT2D eigenvalue weighted by Crippen LogP contribution is 2.15. The normalized spacial score (nSPS) is 9.93. The van der Waals surface area contributed by atoms with E-state index in [1.165, 1.54) is 0 Å². The zero-order valence-corrected chi connectivity index (χ0v) is 9.05. The van der Waals surface area contributed by atoms with Crippen molar-refractivity contribution in [2.75, 3.05) is 7.11 Å². The minimum Gasteiger partial charge on any atom is -0.380 e. The summed E-state index contributed by atoms with van der Waals surface area (Å²) in [4.78, 5) is 11.4. The molecule has 0 spiro atoms. The number of hydrogen-bond donors (Lipinski definition) is 0. The lowest BCUT2D eigenvalue weighted by atomic mass is 10.1. The van der Waals surface area contributed by atoms with Crippen LogP contribution in [0, 0.1) is 0 Å². The number of methoxy groups -OCH3 is 1. The standard InChI is InChI=1S/C9H9Cl2NO2/c1-14-6-7-4-2-3-5-8(7)9(13)12(10)11/h2-5H,6H2,1H3. The third-order valence-corrected chi connectivity index (χ3v) is 2.01. The molecule has 0 aliphatic rings. The summed E-state index contributed by atoms with van der Waals surface area (Å²) in [6.07, 6.45) is 0. The first-order valence-corrected chi connectivity index (χ1v) is 4.57. The van der Waals surface area contributed by atoms with Crippen LogP contribution in [0.1, 0.15) is 15.9 Å². The van der Waals surface area contributed by atoms with Crippen LogP contribution in [0.5, 0.6) is 0 Å². The van der Waals surface area contributed by atoms with Crippen molar-refractivity contribution in [3.63, 3.8) is 0 Å². The highest BCUT2D eigenvalue weighted by molar-refractivity contribution is 6.43. The Morgan fingerprint density at radius 2 is 2.07 bits per heavy atom. The quantitative estimate of drug-likeness (QED) is 0.752. The van der Waals surface area contributed by atoms with Gasteiger partial charge < -0.3 is 4.74 Å². The summed E-state index contributed by atoms with van der Waals surface area (Å²) in [6.45, 7) is 0.351. The van der Waals surface area contributed by atoms with Gasteiger partial charge in [0, 0.05) is 36.2 Å². The Labute approximate surface area is 92.4 Å². The van der Waals surface area contributed by atoms with Crippen molar-refractivity contribution >= 4 is 29.5 Å². The number of carbonyl (C=O) groups excluding carboxylic acids is 1. The molecule has 0 N–H and O–H groups in total. The molecule has 0 unspecified atom stereocenters. The van der Waals surface area contributed by atoms with Crippen LogP contribution in [0.4, 0.5) is 0 Å². The summed E-state index contributed by atoms with van der Waals surface area (Å²) in [7, 11) is 1.56. The second-order valence-corrected chi connectivity index (χ2v) is 3.48. The number of halogens is 2. The van der Waals surface area contributed by atoms with E-state index in [2.05, 4.69) is 0 Å². The first-order valence-electron chi connectivity index (χ1n) is 3.89. The summed E-state index contributed by atoms with van der Waals surface area (Å²) in [5.74, 6) is -0.457. The Hall–Kier alpha value is -0.770. The maximum absolute atomic E-state index is 11.4. The zero-order valence-electron chi connectivity index (χ0n) is 7.54. The number of benzene rings is 1. The predicted octanol–water partition coefficient (Wildman–Crippen LogP) is 2.58. The molecule has 0 fully saturated rings. The fourth-order valence-electron chi connectivity index (χ4n) is 1.10. The van der Waals surface area contributed by atoms with E-state index >= 15 is 0 Å². The summed E-state index contributed by atoms with van der Waals surface area (Å²) < 4.78 is 5.45. The van der Waals surface area contributed by atoms with Crippen LogP contribution in [0.25, 0.3) is 0 Å². The van der Waals surface area contributed by atoms with Crippen LogP contribution in [-0.2, 0) is 11.3 Å². The van der Waals surface area contributed by atoms with Crippen molar-refractivity contribution in [1.29, 1.82) is 0 Å². The topological polar surface area (TPSA) is 29.5 Å². The molecular weight excluding hydrogens is 225 g/mol. The molecule has 0 saturated heterocycles. The molecule has 76 valence electrons. The second-order valence-electron chi connectivity index (χ2n) is 2.63. The molecule has 14 heavy (non-hydrogen) atoms. The molecule has 1 amide bonds. The number of amides is 1. The van der Waals surface area contributed by atoms with Crippen LogP contribution in [-0.4, -0.2) is 17.0 Å². The number of rotatable bonds is 3. The summed E-state index contributed by atoms with van der Waals surface area (Å²) in [5, 5.41) is 0. The predicted molar refractivity (Wildman–Crippen MR) is 55.0 cm³/mol. The minimum absolute atomic E-state index is 0.351. The van der Waals surface area contributed by atoms with Gasteiger partial charge in [-0.05, 0) is 11.6 Å². The Bertz CT molecular complexity index is 328. The van der Waals surface area contributed by atoms with Gasteiger partial charge in [0.25, 0.3) is 5.91 Å². The maximum atomic E-state index is 11.4. The van der Waals surface area contributed by atoms with E-state index in [4.69, 9.17) is 28.3 Å². The third-order valence-electron chi connectivity index (χ3n) is 1.70. The lowest BCUT2D eigenvalue weighted by molar-refractivity contribution is 0.0919. The van der Waals surface area contributed by atoms with Crippen molar-refractivity contribution in [3.05, 3.63) is 35.4 Å². The molecule has 1 rings (SSSR count). The average Bonchev–Trinajstić information content (AvgIpc) is 2.18. The summed E-state index contributed by atoms with van der Waals surface area (Å²) in [6, 6.07) is 6.99. The van der Waals surface area contributed by atoms with Crippen molar-refractivity contribution in [3.8, 4) is 0 Å². The van der Waals surface area contributed by atoms with Gasteiger partial charge in [-0.3, -0.25) is 4.79 Å². The Morgan fingerprint density at radius 1 is 1.43 bits per heavy atom. The monoisotopic (exact) mass is 233 g/mol. The van der Waals surface area contributed by atoms with E-state index in [1.54, 1.807) is 25.3 Å². The molecule has 0 heterocycles. The average molecular weight is 234 g/mol. The molecule has 0 bridgehead atoms.